The molecule has 0 saturated heterocycles. The van der Waals surface area contributed by atoms with Crippen LogP contribution in [0, 0.1) is 11.3 Å². The van der Waals surface area contributed by atoms with Crippen LogP contribution in [0.1, 0.15) is 27.8 Å². The number of hydrogen-bond donors (Lipinski definition) is 0. The summed E-state index contributed by atoms with van der Waals surface area (Å²) in [5.41, 5.74) is -2.06. The molecule has 0 amide bonds. The molecule has 0 aliphatic rings. The molecule has 0 radical (unpaired) electrons. The minimum absolute atomic E-state index is 0.0657. The van der Waals surface area contributed by atoms with Crippen molar-refractivity contribution in [2.75, 3.05) is 0 Å². The van der Waals surface area contributed by atoms with E-state index in [1.165, 1.54) is 24.3 Å². The Morgan fingerprint density at radius 3 is 1.16 bits per heavy atom. The summed E-state index contributed by atoms with van der Waals surface area (Å²) in [7, 11) is 0. The van der Waals surface area contributed by atoms with Gasteiger partial charge in [0.25, 0.3) is 0 Å². The first kappa shape index (κ1) is 43.8. The summed E-state index contributed by atoms with van der Waals surface area (Å²) in [4.78, 5) is 4.68. The summed E-state index contributed by atoms with van der Waals surface area (Å²) in [6.45, 7) is 0. The van der Waals surface area contributed by atoms with Gasteiger partial charge in [-0.3, -0.25) is 4.98 Å². The average Bonchev–Trinajstić information content (AvgIpc) is 3.82. The molecule has 0 saturated carbocycles. The van der Waals surface area contributed by atoms with E-state index in [4.69, 9.17) is 0 Å². The Morgan fingerprint density at radius 2 is 0.765 bits per heavy atom. The van der Waals surface area contributed by atoms with Crippen molar-refractivity contribution in [1.82, 2.24) is 14.1 Å². The summed E-state index contributed by atoms with van der Waals surface area (Å²) in [6, 6.07) is 34.7. The summed E-state index contributed by atoms with van der Waals surface area (Å²) in [5, 5.41) is 12.2. The highest BCUT2D eigenvalue weighted by molar-refractivity contribution is 6.13. The molecule has 0 spiro atoms. The van der Waals surface area contributed by atoms with Gasteiger partial charge in [-0.15, -0.1) is 0 Å². The van der Waals surface area contributed by atoms with Gasteiger partial charge in [0.15, 0.2) is 0 Å². The molecular weight excluding hydrogens is 909 g/mol. The van der Waals surface area contributed by atoms with E-state index < -0.39 is 47.0 Å². The van der Waals surface area contributed by atoms with Crippen molar-refractivity contribution in [2.45, 2.75) is 24.7 Å². The number of benzene rings is 7. The number of nitriles is 1. The first-order valence-electron chi connectivity index (χ1n) is 20.3. The first-order chi connectivity index (χ1) is 32.2. The first-order valence-corrected chi connectivity index (χ1v) is 20.3. The normalized spacial score (nSPS) is 12.7. The van der Waals surface area contributed by atoms with Crippen LogP contribution >= 0.6 is 0 Å². The maximum Gasteiger partial charge on any atom is 0.416 e. The van der Waals surface area contributed by atoms with E-state index in [9.17, 15) is 57.9 Å². The van der Waals surface area contributed by atoms with Gasteiger partial charge in [0.2, 0.25) is 0 Å². The third-order valence-corrected chi connectivity index (χ3v) is 11.9. The van der Waals surface area contributed by atoms with E-state index in [0.29, 0.717) is 90.4 Å². The summed E-state index contributed by atoms with van der Waals surface area (Å²) in [6.07, 6.45) is -17.2. The number of halogens is 12. The topological polar surface area (TPSA) is 46.5 Å². The monoisotopic (exact) mass is 934 g/mol. The fraction of sp³-hybridized carbons (Fsp3) is 0.0769. The van der Waals surface area contributed by atoms with Crippen LogP contribution in [0.2, 0.25) is 0 Å². The molecule has 0 N–H and O–H groups in total. The summed E-state index contributed by atoms with van der Waals surface area (Å²) >= 11 is 0. The number of rotatable bonds is 5. The van der Waals surface area contributed by atoms with Gasteiger partial charge in [-0.1, -0.05) is 60.7 Å². The third-order valence-electron chi connectivity index (χ3n) is 11.9. The number of pyridine rings is 1. The third kappa shape index (κ3) is 7.53. The molecule has 0 bridgehead atoms. The molecule has 16 heteroatoms. The smallest absolute Gasteiger partial charge is 0.307 e. The average molecular weight is 935 g/mol. The van der Waals surface area contributed by atoms with Crippen LogP contribution in [0.4, 0.5) is 52.7 Å². The molecule has 0 atom stereocenters. The van der Waals surface area contributed by atoms with Crippen LogP contribution in [-0.4, -0.2) is 14.1 Å². The van der Waals surface area contributed by atoms with Crippen molar-refractivity contribution in [3.05, 3.63) is 186 Å². The molecule has 0 fully saturated rings. The molecular formula is C52H26F12N4. The zero-order chi connectivity index (χ0) is 48.1. The molecule has 0 unspecified atom stereocenters. The predicted molar refractivity (Wildman–Crippen MR) is 234 cm³/mol. The number of alkyl halides is 12. The Kier molecular flexibility index (Phi) is 9.99. The molecule has 7 aromatic carbocycles. The second-order valence-corrected chi connectivity index (χ2v) is 16.0. The minimum atomic E-state index is -5.07. The molecule has 10 rings (SSSR count). The SMILES string of the molecule is N#Cc1cccc(-c2c(-n3c4ccccc4c4cc(-c5cc(C(F)(F)F)cc(C(F)(F)F)c5)ccc43)cncc2-n2c3ccccc3c3cc(-c4cc(C(F)(F)F)cc(C(F)(F)F)c4)ccc32)c1. The Morgan fingerprint density at radius 1 is 0.368 bits per heavy atom. The highest BCUT2D eigenvalue weighted by Crippen LogP contribution is 2.45. The molecule has 338 valence electrons. The molecule has 4 nitrogen and oxygen atoms in total. The summed E-state index contributed by atoms with van der Waals surface area (Å²) < 4.78 is 171. The lowest BCUT2D eigenvalue weighted by molar-refractivity contribution is -0.144. The van der Waals surface area contributed by atoms with E-state index in [1.807, 2.05) is 9.13 Å². The van der Waals surface area contributed by atoms with Crippen molar-refractivity contribution in [3.8, 4) is 50.8 Å². The molecule has 0 aliphatic carbocycles. The fourth-order valence-electron chi connectivity index (χ4n) is 8.89. The largest absolute Gasteiger partial charge is 0.416 e. The van der Waals surface area contributed by atoms with Gasteiger partial charge in [0, 0.05) is 27.1 Å². The Labute approximate surface area is 376 Å². The van der Waals surface area contributed by atoms with Crippen molar-refractivity contribution < 1.29 is 52.7 Å². The van der Waals surface area contributed by atoms with Crippen LogP contribution in [-0.2, 0) is 24.7 Å². The van der Waals surface area contributed by atoms with Crippen LogP contribution < -0.4 is 0 Å². The van der Waals surface area contributed by atoms with E-state index >= 15 is 0 Å². The number of fused-ring (bicyclic) bond motifs is 6. The van der Waals surface area contributed by atoms with Crippen LogP contribution in [0.3, 0.4) is 0 Å². The summed E-state index contributed by atoms with van der Waals surface area (Å²) in [5.74, 6) is 0. The standard InChI is InChI=1S/C52H26F12N4/c53-49(54,55)34-17-32(18-35(23-34)50(56,57)58)29-12-14-44-40(21-29)38-8-1-3-10-42(38)67(44)46-26-66-27-47(48(46)31-7-5-6-28(16-31)25-65)68-43-11-4-2-9-39(43)41-22-30(13-15-45(41)68)33-19-36(51(59,60)61)24-37(20-33)52(62,63)64/h1-24,26-27H. The van der Waals surface area contributed by atoms with Gasteiger partial charge in [-0.25, -0.2) is 0 Å². The maximum absolute atomic E-state index is 14.0. The number of hydrogen-bond acceptors (Lipinski definition) is 2. The van der Waals surface area contributed by atoms with Gasteiger partial charge in [-0.05, 0) is 113 Å². The number of aromatic nitrogens is 3. The van der Waals surface area contributed by atoms with Gasteiger partial charge in [0.05, 0.1) is 79.7 Å². The lowest BCUT2D eigenvalue weighted by atomic mass is 9.97. The van der Waals surface area contributed by atoms with Gasteiger partial charge >= 0.3 is 24.7 Å². The minimum Gasteiger partial charge on any atom is -0.307 e. The molecule has 10 aromatic rings. The Hall–Kier alpha value is -8.06. The quantitative estimate of drug-likeness (QED) is 0.161. The van der Waals surface area contributed by atoms with Gasteiger partial charge in [0.1, 0.15) is 0 Å². The lowest BCUT2D eigenvalue weighted by Gasteiger charge is -2.20. The van der Waals surface area contributed by atoms with Crippen molar-refractivity contribution in [1.29, 1.82) is 5.26 Å². The van der Waals surface area contributed by atoms with Gasteiger partial charge in [-0.2, -0.15) is 57.9 Å². The number of nitrogens with zero attached hydrogens (tertiary/aromatic N) is 4. The number of para-hydroxylation sites is 2. The zero-order valence-corrected chi connectivity index (χ0v) is 34.3. The lowest BCUT2D eigenvalue weighted by Crippen LogP contribution is -2.11. The van der Waals surface area contributed by atoms with Crippen molar-refractivity contribution in [3.63, 3.8) is 0 Å². The van der Waals surface area contributed by atoms with E-state index in [0.717, 1.165) is 0 Å². The zero-order valence-electron chi connectivity index (χ0n) is 34.3. The fourth-order valence-corrected chi connectivity index (χ4v) is 8.89. The van der Waals surface area contributed by atoms with E-state index in [-0.39, 0.29) is 39.9 Å². The highest BCUT2D eigenvalue weighted by atomic mass is 19.4. The van der Waals surface area contributed by atoms with Crippen molar-refractivity contribution >= 4 is 43.6 Å². The molecule has 68 heavy (non-hydrogen) atoms. The predicted octanol–water partition coefficient (Wildman–Crippen LogP) is 16.2. The van der Waals surface area contributed by atoms with Crippen molar-refractivity contribution in [2.24, 2.45) is 0 Å². The van der Waals surface area contributed by atoms with Crippen LogP contribution in [0.25, 0.3) is 88.4 Å². The van der Waals surface area contributed by atoms with E-state index in [2.05, 4.69) is 11.1 Å². The molecule has 3 aromatic heterocycles. The highest BCUT2D eigenvalue weighted by Gasteiger charge is 2.38. The van der Waals surface area contributed by atoms with Crippen LogP contribution in [0.5, 0.6) is 0 Å². The second kappa shape index (κ2) is 15.5. The molecule has 0 aliphatic heterocycles. The van der Waals surface area contributed by atoms with E-state index in [1.54, 1.807) is 97.3 Å². The Balaban J connectivity index is 1.24. The second-order valence-electron chi connectivity index (χ2n) is 16.0. The molecule has 3 heterocycles. The maximum atomic E-state index is 14.0. The van der Waals surface area contributed by atoms with Gasteiger partial charge < -0.3 is 9.13 Å². The Bertz CT molecular complexity index is 3440. The van der Waals surface area contributed by atoms with Crippen LogP contribution in [0.15, 0.2) is 158 Å².